The van der Waals surface area contributed by atoms with Gasteiger partial charge < -0.3 is 4.42 Å². The molecule has 25 heavy (non-hydrogen) atoms. The number of para-hydroxylation sites is 1. The van der Waals surface area contributed by atoms with Crippen molar-refractivity contribution in [3.05, 3.63) is 58.0 Å². The summed E-state index contributed by atoms with van der Waals surface area (Å²) in [5.41, 5.74) is 5.94. The van der Waals surface area contributed by atoms with Gasteiger partial charge in [0.25, 0.3) is 0 Å². The third-order valence-electron chi connectivity index (χ3n) is 3.74. The summed E-state index contributed by atoms with van der Waals surface area (Å²) in [4.78, 5) is 36.4. The maximum absolute atomic E-state index is 12.2. The zero-order valence-electron chi connectivity index (χ0n) is 13.5. The quantitative estimate of drug-likeness (QED) is 0.543. The maximum Gasteiger partial charge on any atom is 0.305 e. The molecule has 0 saturated heterocycles. The highest BCUT2D eigenvalue weighted by Crippen LogP contribution is 2.24. The highest BCUT2D eigenvalue weighted by atomic mass is 32.1. The molecule has 3 rings (SSSR count). The number of benzene rings is 1. The largest absolute Gasteiger partial charge is 0.451 e. The number of ketones is 1. The first kappa shape index (κ1) is 16.9. The molecule has 0 saturated carbocycles. The average molecular weight is 356 g/mol. The molecule has 0 fully saturated rings. The van der Waals surface area contributed by atoms with Crippen LogP contribution < -0.4 is 10.9 Å². The van der Waals surface area contributed by atoms with Gasteiger partial charge in [-0.25, -0.2) is 0 Å². The molecule has 0 radical (unpaired) electrons. The molecule has 0 aliphatic carbocycles. The number of amides is 2. The molecule has 0 aliphatic rings. The van der Waals surface area contributed by atoms with E-state index in [1.807, 2.05) is 23.6 Å². The summed E-state index contributed by atoms with van der Waals surface area (Å²) >= 11 is 1.34. The number of hydrazine groups is 1. The number of hydrogen-bond acceptors (Lipinski definition) is 5. The van der Waals surface area contributed by atoms with Crippen LogP contribution in [-0.4, -0.2) is 17.6 Å². The van der Waals surface area contributed by atoms with Crippen molar-refractivity contribution < 1.29 is 18.8 Å². The normalized spacial score (nSPS) is 10.6. The lowest BCUT2D eigenvalue weighted by Crippen LogP contribution is -2.41. The highest BCUT2D eigenvalue weighted by molar-refractivity contribution is 7.12. The van der Waals surface area contributed by atoms with Crippen LogP contribution in [0.2, 0.25) is 0 Å². The third kappa shape index (κ3) is 3.77. The minimum absolute atomic E-state index is 0.00384. The summed E-state index contributed by atoms with van der Waals surface area (Å²) in [6.07, 6.45) is 0.0853. The highest BCUT2D eigenvalue weighted by Gasteiger charge is 2.18. The molecular formula is C18H16N2O4S. The van der Waals surface area contributed by atoms with Gasteiger partial charge in [-0.2, -0.15) is 0 Å². The number of carbonyl (C=O) groups excluding carboxylic acids is 3. The van der Waals surface area contributed by atoms with Crippen LogP contribution >= 0.6 is 11.3 Å². The molecule has 128 valence electrons. The number of Topliss-reactive ketones (excluding diaryl/α,β-unsaturated/α-hetero) is 1. The molecule has 2 amide bonds. The summed E-state index contributed by atoms with van der Waals surface area (Å²) in [6, 6.07) is 10.8. The van der Waals surface area contributed by atoms with Crippen molar-refractivity contribution in [2.24, 2.45) is 0 Å². The van der Waals surface area contributed by atoms with Crippen molar-refractivity contribution in [3.63, 3.8) is 0 Å². The van der Waals surface area contributed by atoms with Crippen molar-refractivity contribution in [3.8, 4) is 0 Å². The van der Waals surface area contributed by atoms with Crippen LogP contribution in [0.1, 0.15) is 38.6 Å². The maximum atomic E-state index is 12.2. The molecule has 0 atom stereocenters. The lowest BCUT2D eigenvalue weighted by atomic mass is 10.1. The number of aryl methyl sites for hydroxylation is 1. The molecule has 0 aliphatic heterocycles. The van der Waals surface area contributed by atoms with E-state index >= 15 is 0 Å². The summed E-state index contributed by atoms with van der Waals surface area (Å²) < 4.78 is 5.52. The first-order valence-corrected chi connectivity index (χ1v) is 8.58. The second-order valence-electron chi connectivity index (χ2n) is 5.46. The number of nitrogens with one attached hydrogen (secondary N) is 2. The second-order valence-corrected chi connectivity index (χ2v) is 6.40. The minimum atomic E-state index is -0.536. The Balaban J connectivity index is 1.53. The van der Waals surface area contributed by atoms with E-state index in [-0.39, 0.29) is 24.4 Å². The van der Waals surface area contributed by atoms with E-state index < -0.39 is 11.8 Å². The van der Waals surface area contributed by atoms with Crippen LogP contribution in [0.5, 0.6) is 0 Å². The zero-order chi connectivity index (χ0) is 17.8. The van der Waals surface area contributed by atoms with E-state index in [9.17, 15) is 14.4 Å². The fourth-order valence-electron chi connectivity index (χ4n) is 2.42. The Hall–Kier alpha value is -2.93. The van der Waals surface area contributed by atoms with Gasteiger partial charge in [0.05, 0.1) is 4.88 Å². The fourth-order valence-corrected chi connectivity index (χ4v) is 3.12. The predicted molar refractivity (Wildman–Crippen MR) is 94.4 cm³/mol. The fraction of sp³-hybridized carbons (Fsp3) is 0.167. The van der Waals surface area contributed by atoms with Gasteiger partial charge in [0, 0.05) is 23.8 Å². The van der Waals surface area contributed by atoms with E-state index in [4.69, 9.17) is 4.42 Å². The van der Waals surface area contributed by atoms with Crippen molar-refractivity contribution in [1.29, 1.82) is 0 Å². The van der Waals surface area contributed by atoms with E-state index in [0.29, 0.717) is 16.0 Å². The monoisotopic (exact) mass is 356 g/mol. The Morgan fingerprint density at radius 3 is 2.56 bits per heavy atom. The van der Waals surface area contributed by atoms with Crippen LogP contribution in [0, 0.1) is 6.92 Å². The van der Waals surface area contributed by atoms with Gasteiger partial charge >= 0.3 is 5.91 Å². The van der Waals surface area contributed by atoms with E-state index in [1.54, 1.807) is 25.1 Å². The van der Waals surface area contributed by atoms with Gasteiger partial charge in [0.15, 0.2) is 11.5 Å². The number of rotatable bonds is 5. The molecule has 6 nitrogen and oxygen atoms in total. The van der Waals surface area contributed by atoms with Crippen molar-refractivity contribution >= 4 is 39.9 Å². The minimum Gasteiger partial charge on any atom is -0.451 e. The summed E-state index contributed by atoms with van der Waals surface area (Å²) in [6.45, 7) is 1.78. The number of carbonyl (C=O) groups is 3. The smallest absolute Gasteiger partial charge is 0.305 e. The lowest BCUT2D eigenvalue weighted by Gasteiger charge is -2.06. The molecule has 0 unspecified atom stereocenters. The number of thiophene rings is 1. The standard InChI is InChI=1S/C18H16N2O4S/c1-11-12-5-2-3-6-14(12)24-17(11)18(23)20-19-16(22)9-8-13(21)15-7-4-10-25-15/h2-7,10H,8-9H2,1H3,(H,19,22)(H,20,23). The van der Waals surface area contributed by atoms with E-state index in [2.05, 4.69) is 10.9 Å². The van der Waals surface area contributed by atoms with Crippen molar-refractivity contribution in [2.75, 3.05) is 0 Å². The van der Waals surface area contributed by atoms with Gasteiger partial charge in [-0.3, -0.25) is 25.2 Å². The summed E-state index contributed by atoms with van der Waals surface area (Å²) in [7, 11) is 0. The molecule has 2 heterocycles. The van der Waals surface area contributed by atoms with Crippen LogP contribution in [0.3, 0.4) is 0 Å². The van der Waals surface area contributed by atoms with Crippen LogP contribution in [0.15, 0.2) is 46.2 Å². The average Bonchev–Trinajstić information content (AvgIpc) is 3.26. The SMILES string of the molecule is Cc1c(C(=O)NNC(=O)CCC(=O)c2cccs2)oc2ccccc12. The molecule has 2 N–H and O–H groups in total. The Labute approximate surface area is 147 Å². The number of hydrogen-bond donors (Lipinski definition) is 2. The molecule has 2 aromatic heterocycles. The zero-order valence-corrected chi connectivity index (χ0v) is 14.3. The van der Waals surface area contributed by atoms with Gasteiger partial charge in [0.1, 0.15) is 5.58 Å². The van der Waals surface area contributed by atoms with Crippen LogP contribution in [-0.2, 0) is 4.79 Å². The number of furan rings is 1. The molecular weight excluding hydrogens is 340 g/mol. The van der Waals surface area contributed by atoms with Gasteiger partial charge in [-0.15, -0.1) is 11.3 Å². The lowest BCUT2D eigenvalue weighted by molar-refractivity contribution is -0.121. The first-order chi connectivity index (χ1) is 12.1. The van der Waals surface area contributed by atoms with Gasteiger partial charge in [-0.05, 0) is 24.4 Å². The van der Waals surface area contributed by atoms with Crippen LogP contribution in [0.4, 0.5) is 0 Å². The molecule has 7 heteroatoms. The van der Waals surface area contributed by atoms with Gasteiger partial charge in [0.2, 0.25) is 5.91 Å². The van der Waals surface area contributed by atoms with Crippen LogP contribution in [0.25, 0.3) is 11.0 Å². The molecule has 0 bridgehead atoms. The first-order valence-electron chi connectivity index (χ1n) is 7.70. The van der Waals surface area contributed by atoms with E-state index in [1.165, 1.54) is 11.3 Å². The molecule has 0 spiro atoms. The second kappa shape index (κ2) is 7.31. The Morgan fingerprint density at radius 1 is 1.04 bits per heavy atom. The van der Waals surface area contributed by atoms with E-state index in [0.717, 1.165) is 5.39 Å². The Bertz CT molecular complexity index is 928. The molecule has 1 aromatic carbocycles. The third-order valence-corrected chi connectivity index (χ3v) is 4.65. The van der Waals surface area contributed by atoms with Crippen molar-refractivity contribution in [2.45, 2.75) is 19.8 Å². The summed E-state index contributed by atoms with van der Waals surface area (Å²) in [5, 5.41) is 2.66. The molecule has 3 aromatic rings. The Morgan fingerprint density at radius 2 is 1.84 bits per heavy atom. The van der Waals surface area contributed by atoms with Crippen molar-refractivity contribution in [1.82, 2.24) is 10.9 Å². The summed E-state index contributed by atoms with van der Waals surface area (Å²) in [5.74, 6) is -0.917. The topological polar surface area (TPSA) is 88.4 Å². The van der Waals surface area contributed by atoms with Gasteiger partial charge in [-0.1, -0.05) is 24.3 Å². The number of fused-ring (bicyclic) bond motifs is 1. The Kier molecular flexibility index (Phi) is 4.95. The predicted octanol–water partition coefficient (Wildman–Crippen LogP) is 3.23.